The Morgan fingerprint density at radius 3 is 1.69 bits per heavy atom. The van der Waals surface area contributed by atoms with E-state index in [1.807, 2.05) is 0 Å². The molecule has 0 aliphatic carbocycles. The van der Waals surface area contributed by atoms with Crippen LogP contribution in [-0.2, 0) is 0 Å². The second-order valence-electron chi connectivity index (χ2n) is 4.76. The first kappa shape index (κ1) is 13.0. The van der Waals surface area contributed by atoms with Crippen LogP contribution in [0.1, 0.15) is 54.4 Å². The fraction of sp³-hybridized carbons (Fsp3) is 1.00. The molecule has 1 heteroatoms. The van der Waals surface area contributed by atoms with E-state index in [0.29, 0.717) is 11.5 Å². The molecular formula is C12H27N. The van der Waals surface area contributed by atoms with Gasteiger partial charge in [-0.05, 0) is 24.2 Å². The largest absolute Gasteiger partial charge is 0.314 e. The minimum absolute atomic E-state index is 0.504. The molecule has 13 heavy (non-hydrogen) atoms. The Morgan fingerprint density at radius 2 is 1.46 bits per heavy atom. The van der Waals surface area contributed by atoms with Gasteiger partial charge in [-0.15, -0.1) is 0 Å². The zero-order valence-electron chi connectivity index (χ0n) is 10.3. The van der Waals surface area contributed by atoms with E-state index >= 15 is 0 Å². The van der Waals surface area contributed by atoms with E-state index in [0.717, 1.165) is 12.5 Å². The number of rotatable bonds is 6. The predicted molar refractivity (Wildman–Crippen MR) is 61.0 cm³/mol. The smallest absolute Gasteiger partial charge is 0.00124 e. The highest BCUT2D eigenvalue weighted by Gasteiger charge is 2.29. The molecule has 0 saturated carbocycles. The molecule has 80 valence electrons. The highest BCUT2D eigenvalue weighted by molar-refractivity contribution is 4.82. The fourth-order valence-corrected chi connectivity index (χ4v) is 1.93. The Labute approximate surface area is 84.3 Å². The number of hydrogen-bond donors (Lipinski definition) is 1. The molecule has 1 nitrogen and oxygen atoms in total. The molecule has 0 saturated heterocycles. The molecule has 1 N–H and O–H groups in total. The molecule has 0 aliphatic heterocycles. The topological polar surface area (TPSA) is 12.0 Å². The van der Waals surface area contributed by atoms with Crippen molar-refractivity contribution < 1.29 is 0 Å². The summed E-state index contributed by atoms with van der Waals surface area (Å²) in [6, 6.07) is 0.608. The van der Waals surface area contributed by atoms with Gasteiger partial charge in [-0.25, -0.2) is 0 Å². The lowest BCUT2D eigenvalue weighted by Crippen LogP contribution is -2.40. The summed E-state index contributed by atoms with van der Waals surface area (Å²) in [5, 5.41) is 3.57. The van der Waals surface area contributed by atoms with Gasteiger partial charge in [0.2, 0.25) is 0 Å². The van der Waals surface area contributed by atoms with Gasteiger partial charge in [0.1, 0.15) is 0 Å². The van der Waals surface area contributed by atoms with Crippen molar-refractivity contribution in [1.82, 2.24) is 5.32 Å². The predicted octanol–water partition coefficient (Wildman–Crippen LogP) is 3.45. The lowest BCUT2D eigenvalue weighted by Gasteiger charge is -2.37. The Morgan fingerprint density at radius 1 is 1.00 bits per heavy atom. The molecule has 0 bridgehead atoms. The molecular weight excluding hydrogens is 158 g/mol. The van der Waals surface area contributed by atoms with E-state index in [4.69, 9.17) is 0 Å². The maximum absolute atomic E-state index is 3.57. The van der Waals surface area contributed by atoms with Crippen LogP contribution < -0.4 is 5.32 Å². The second-order valence-corrected chi connectivity index (χ2v) is 4.76. The SMILES string of the molecule is CCC(CC)(CNC(C)C)C(C)C. The average Bonchev–Trinajstić information content (AvgIpc) is 2.06. The first-order chi connectivity index (χ1) is 5.98. The van der Waals surface area contributed by atoms with Crippen molar-refractivity contribution in [2.45, 2.75) is 60.4 Å². The van der Waals surface area contributed by atoms with Gasteiger partial charge in [-0.1, -0.05) is 41.5 Å². The molecule has 0 aliphatic rings. The minimum Gasteiger partial charge on any atom is -0.314 e. The van der Waals surface area contributed by atoms with E-state index in [9.17, 15) is 0 Å². The fourth-order valence-electron chi connectivity index (χ4n) is 1.93. The van der Waals surface area contributed by atoms with E-state index < -0.39 is 0 Å². The second kappa shape index (κ2) is 5.64. The van der Waals surface area contributed by atoms with Gasteiger partial charge in [0.25, 0.3) is 0 Å². The maximum atomic E-state index is 3.57. The molecule has 0 amide bonds. The molecule has 0 rings (SSSR count). The van der Waals surface area contributed by atoms with Crippen molar-refractivity contribution >= 4 is 0 Å². The quantitative estimate of drug-likeness (QED) is 0.668. The summed E-state index contributed by atoms with van der Waals surface area (Å²) >= 11 is 0. The van der Waals surface area contributed by atoms with Crippen molar-refractivity contribution in [2.24, 2.45) is 11.3 Å². The van der Waals surface area contributed by atoms with Crippen LogP contribution in [0.15, 0.2) is 0 Å². The molecule has 0 aromatic heterocycles. The minimum atomic E-state index is 0.504. The summed E-state index contributed by atoms with van der Waals surface area (Å²) in [5.41, 5.74) is 0.504. The molecule has 0 unspecified atom stereocenters. The van der Waals surface area contributed by atoms with Gasteiger partial charge >= 0.3 is 0 Å². The normalized spacial score (nSPS) is 12.9. The summed E-state index contributed by atoms with van der Waals surface area (Å²) in [5.74, 6) is 0.772. The third-order valence-electron chi connectivity index (χ3n) is 3.50. The van der Waals surface area contributed by atoms with Crippen molar-refractivity contribution in [3.05, 3.63) is 0 Å². The molecule has 0 aromatic rings. The molecule has 0 radical (unpaired) electrons. The number of hydrogen-bond acceptors (Lipinski definition) is 1. The van der Waals surface area contributed by atoms with Crippen molar-refractivity contribution in [2.75, 3.05) is 6.54 Å². The third-order valence-corrected chi connectivity index (χ3v) is 3.50. The zero-order valence-corrected chi connectivity index (χ0v) is 10.3. The van der Waals surface area contributed by atoms with E-state index in [-0.39, 0.29) is 0 Å². The van der Waals surface area contributed by atoms with E-state index in [1.54, 1.807) is 0 Å². The lowest BCUT2D eigenvalue weighted by atomic mass is 9.73. The first-order valence-electron chi connectivity index (χ1n) is 5.72. The highest BCUT2D eigenvalue weighted by atomic mass is 14.9. The van der Waals surface area contributed by atoms with Gasteiger partial charge in [-0.2, -0.15) is 0 Å². The summed E-state index contributed by atoms with van der Waals surface area (Å²) in [6.45, 7) is 14.9. The van der Waals surface area contributed by atoms with E-state index in [1.165, 1.54) is 12.8 Å². The molecule has 0 heterocycles. The Hall–Kier alpha value is -0.0400. The van der Waals surface area contributed by atoms with Crippen LogP contribution in [0.4, 0.5) is 0 Å². The molecule has 0 fully saturated rings. The summed E-state index contributed by atoms with van der Waals surface area (Å²) in [7, 11) is 0. The Kier molecular flexibility index (Phi) is 5.62. The van der Waals surface area contributed by atoms with Crippen LogP contribution in [0.5, 0.6) is 0 Å². The summed E-state index contributed by atoms with van der Waals surface area (Å²) in [6.07, 6.45) is 2.56. The maximum Gasteiger partial charge on any atom is 0.00124 e. The Balaban J connectivity index is 4.22. The molecule has 0 aromatic carbocycles. The monoisotopic (exact) mass is 185 g/mol. The molecule has 0 atom stereocenters. The zero-order chi connectivity index (χ0) is 10.5. The van der Waals surface area contributed by atoms with Crippen LogP contribution in [0.25, 0.3) is 0 Å². The van der Waals surface area contributed by atoms with Gasteiger partial charge < -0.3 is 5.32 Å². The summed E-state index contributed by atoms with van der Waals surface area (Å²) < 4.78 is 0. The highest BCUT2D eigenvalue weighted by Crippen LogP contribution is 2.34. The van der Waals surface area contributed by atoms with Gasteiger partial charge in [-0.3, -0.25) is 0 Å². The van der Waals surface area contributed by atoms with Crippen LogP contribution in [0.3, 0.4) is 0 Å². The van der Waals surface area contributed by atoms with Gasteiger partial charge in [0.15, 0.2) is 0 Å². The summed E-state index contributed by atoms with van der Waals surface area (Å²) in [4.78, 5) is 0. The van der Waals surface area contributed by atoms with Gasteiger partial charge in [0, 0.05) is 12.6 Å². The standard InChI is InChI=1S/C12H27N/c1-7-12(8-2,10(3)4)9-13-11(5)6/h10-11,13H,7-9H2,1-6H3. The molecule has 0 spiro atoms. The van der Waals surface area contributed by atoms with Crippen LogP contribution in [0.2, 0.25) is 0 Å². The van der Waals surface area contributed by atoms with Crippen molar-refractivity contribution in [3.63, 3.8) is 0 Å². The first-order valence-corrected chi connectivity index (χ1v) is 5.72. The average molecular weight is 185 g/mol. The van der Waals surface area contributed by atoms with Crippen LogP contribution in [-0.4, -0.2) is 12.6 Å². The number of nitrogens with one attached hydrogen (secondary N) is 1. The van der Waals surface area contributed by atoms with Crippen molar-refractivity contribution in [3.8, 4) is 0 Å². The van der Waals surface area contributed by atoms with Crippen LogP contribution in [0, 0.1) is 11.3 Å². The Bertz CT molecular complexity index is 123. The van der Waals surface area contributed by atoms with E-state index in [2.05, 4.69) is 46.9 Å². The third kappa shape index (κ3) is 3.68. The van der Waals surface area contributed by atoms with Gasteiger partial charge in [0.05, 0.1) is 0 Å². The van der Waals surface area contributed by atoms with Crippen LogP contribution >= 0.6 is 0 Å². The lowest BCUT2D eigenvalue weighted by molar-refractivity contribution is 0.160. The van der Waals surface area contributed by atoms with Crippen molar-refractivity contribution in [1.29, 1.82) is 0 Å².